The summed E-state index contributed by atoms with van der Waals surface area (Å²) in [7, 11) is 4.01. The van der Waals surface area contributed by atoms with Gasteiger partial charge in [0.2, 0.25) is 0 Å². The van der Waals surface area contributed by atoms with Crippen LogP contribution in [0.4, 0.5) is 5.69 Å². The van der Waals surface area contributed by atoms with E-state index in [2.05, 4.69) is 0 Å². The summed E-state index contributed by atoms with van der Waals surface area (Å²) in [5.74, 6) is 1.27. The Balaban J connectivity index is 1.71. The van der Waals surface area contributed by atoms with E-state index in [1.54, 1.807) is 0 Å². The van der Waals surface area contributed by atoms with Gasteiger partial charge in [-0.15, -0.1) is 0 Å². The largest absolute Gasteiger partial charge is 0.378 e. The first-order valence-electron chi connectivity index (χ1n) is 7.88. The van der Waals surface area contributed by atoms with Crippen LogP contribution in [0.25, 0.3) is 0 Å². The van der Waals surface area contributed by atoms with Crippen LogP contribution < -0.4 is 10.6 Å². The van der Waals surface area contributed by atoms with E-state index < -0.39 is 0 Å². The summed E-state index contributed by atoms with van der Waals surface area (Å²) >= 11 is 0. The molecule has 1 saturated heterocycles. The van der Waals surface area contributed by atoms with Crippen LogP contribution in [0.5, 0.6) is 0 Å². The number of hydrogen-bond acceptors (Lipinski definition) is 3. The molecule has 0 radical (unpaired) electrons. The lowest BCUT2D eigenvalue weighted by Gasteiger charge is -2.29. The first-order chi connectivity index (χ1) is 10.1. The van der Waals surface area contributed by atoms with Crippen molar-refractivity contribution in [1.29, 1.82) is 0 Å². The fourth-order valence-electron chi connectivity index (χ4n) is 3.77. The molecule has 1 saturated carbocycles. The standard InChI is InChI=1S/C17H25N3O/c1-19(2)14-8-6-12(7-9-14)17(21)20-10-13-4-3-5-16(18)15(13)11-20/h6-9,13,15-16H,3-5,10-11,18H2,1-2H3. The van der Waals surface area contributed by atoms with E-state index in [9.17, 15) is 4.79 Å². The lowest BCUT2D eigenvalue weighted by molar-refractivity contribution is 0.0783. The second-order valence-corrected chi connectivity index (χ2v) is 6.67. The summed E-state index contributed by atoms with van der Waals surface area (Å²) < 4.78 is 0. The third kappa shape index (κ3) is 2.77. The second kappa shape index (κ2) is 5.68. The first kappa shape index (κ1) is 14.4. The van der Waals surface area contributed by atoms with Crippen LogP contribution in [0.3, 0.4) is 0 Å². The van der Waals surface area contributed by atoms with Crippen molar-refractivity contribution < 1.29 is 4.79 Å². The fourth-order valence-corrected chi connectivity index (χ4v) is 3.77. The molecule has 2 fully saturated rings. The van der Waals surface area contributed by atoms with Gasteiger partial charge in [0, 0.05) is 44.5 Å². The third-order valence-corrected chi connectivity index (χ3v) is 5.07. The van der Waals surface area contributed by atoms with Crippen molar-refractivity contribution in [3.8, 4) is 0 Å². The van der Waals surface area contributed by atoms with Crippen LogP contribution >= 0.6 is 0 Å². The van der Waals surface area contributed by atoms with Crippen molar-refractivity contribution in [2.75, 3.05) is 32.1 Å². The zero-order valence-electron chi connectivity index (χ0n) is 13.0. The van der Waals surface area contributed by atoms with Crippen LogP contribution in [0.15, 0.2) is 24.3 Å². The molecule has 21 heavy (non-hydrogen) atoms. The minimum Gasteiger partial charge on any atom is -0.378 e. The molecule has 3 atom stereocenters. The number of benzene rings is 1. The van der Waals surface area contributed by atoms with Gasteiger partial charge < -0.3 is 15.5 Å². The molecule has 2 aliphatic rings. The maximum Gasteiger partial charge on any atom is 0.253 e. The molecule has 0 aromatic heterocycles. The normalized spacial score (nSPS) is 28.3. The maximum absolute atomic E-state index is 12.6. The molecule has 1 amide bonds. The van der Waals surface area contributed by atoms with Gasteiger partial charge in [-0.3, -0.25) is 4.79 Å². The third-order valence-electron chi connectivity index (χ3n) is 5.07. The van der Waals surface area contributed by atoms with Gasteiger partial charge in [0.05, 0.1) is 0 Å². The number of anilines is 1. The van der Waals surface area contributed by atoms with Crippen LogP contribution in [0, 0.1) is 11.8 Å². The van der Waals surface area contributed by atoms with Crippen molar-refractivity contribution in [3.05, 3.63) is 29.8 Å². The highest BCUT2D eigenvalue weighted by Gasteiger charge is 2.40. The lowest BCUT2D eigenvalue weighted by Crippen LogP contribution is -2.38. The highest BCUT2D eigenvalue weighted by atomic mass is 16.2. The number of nitrogens with two attached hydrogens (primary N) is 1. The molecule has 114 valence electrons. The van der Waals surface area contributed by atoms with Crippen LogP contribution in [0.2, 0.25) is 0 Å². The molecule has 2 N–H and O–H groups in total. The Hall–Kier alpha value is -1.55. The average molecular weight is 287 g/mol. The van der Waals surface area contributed by atoms with E-state index in [-0.39, 0.29) is 11.9 Å². The molecular formula is C17H25N3O. The van der Waals surface area contributed by atoms with E-state index in [4.69, 9.17) is 5.73 Å². The lowest BCUT2D eigenvalue weighted by atomic mass is 9.78. The van der Waals surface area contributed by atoms with Crippen LogP contribution in [-0.2, 0) is 0 Å². The predicted molar refractivity (Wildman–Crippen MR) is 85.5 cm³/mol. The van der Waals surface area contributed by atoms with Gasteiger partial charge in [0.15, 0.2) is 0 Å². The molecule has 1 aliphatic carbocycles. The van der Waals surface area contributed by atoms with Gasteiger partial charge in [-0.25, -0.2) is 0 Å². The van der Waals surface area contributed by atoms with E-state index in [0.29, 0.717) is 11.8 Å². The Kier molecular flexibility index (Phi) is 3.89. The molecule has 0 spiro atoms. The molecule has 1 aliphatic heterocycles. The maximum atomic E-state index is 12.6. The molecule has 1 heterocycles. The summed E-state index contributed by atoms with van der Waals surface area (Å²) in [4.78, 5) is 16.7. The molecule has 3 rings (SSSR count). The Bertz CT molecular complexity index is 511. The zero-order valence-corrected chi connectivity index (χ0v) is 13.0. The van der Waals surface area contributed by atoms with Gasteiger partial charge in [-0.2, -0.15) is 0 Å². The molecule has 0 bridgehead atoms. The van der Waals surface area contributed by atoms with Crippen molar-refractivity contribution >= 4 is 11.6 Å². The van der Waals surface area contributed by atoms with Gasteiger partial charge >= 0.3 is 0 Å². The number of likely N-dealkylation sites (tertiary alicyclic amines) is 1. The number of carbonyl (C=O) groups is 1. The van der Waals surface area contributed by atoms with E-state index in [1.807, 2.05) is 48.2 Å². The number of hydrogen-bond donors (Lipinski definition) is 1. The molecular weight excluding hydrogens is 262 g/mol. The zero-order chi connectivity index (χ0) is 15.0. The SMILES string of the molecule is CN(C)c1ccc(C(=O)N2CC3CCCC(N)C3C2)cc1. The van der Waals surface area contributed by atoms with Gasteiger partial charge in [0.1, 0.15) is 0 Å². The number of rotatable bonds is 2. The van der Waals surface area contributed by atoms with Crippen molar-refractivity contribution in [2.45, 2.75) is 25.3 Å². The summed E-state index contributed by atoms with van der Waals surface area (Å²) in [6.07, 6.45) is 3.55. The second-order valence-electron chi connectivity index (χ2n) is 6.67. The Labute approximate surface area is 126 Å². The topological polar surface area (TPSA) is 49.6 Å². The number of fused-ring (bicyclic) bond motifs is 1. The van der Waals surface area contributed by atoms with Gasteiger partial charge in [-0.05, 0) is 48.9 Å². The molecule has 1 aromatic carbocycles. The fraction of sp³-hybridized carbons (Fsp3) is 0.588. The van der Waals surface area contributed by atoms with E-state index in [0.717, 1.165) is 30.8 Å². The molecule has 4 nitrogen and oxygen atoms in total. The number of amides is 1. The smallest absolute Gasteiger partial charge is 0.253 e. The van der Waals surface area contributed by atoms with Crippen molar-refractivity contribution in [1.82, 2.24) is 4.90 Å². The highest BCUT2D eigenvalue weighted by Crippen LogP contribution is 2.36. The minimum atomic E-state index is 0.155. The quantitative estimate of drug-likeness (QED) is 0.904. The molecule has 3 unspecified atom stereocenters. The molecule has 4 heteroatoms. The molecule has 1 aromatic rings. The monoisotopic (exact) mass is 287 g/mol. The van der Waals surface area contributed by atoms with Crippen LogP contribution in [-0.4, -0.2) is 44.0 Å². The number of carbonyl (C=O) groups excluding carboxylic acids is 1. The Morgan fingerprint density at radius 1 is 1.19 bits per heavy atom. The van der Waals surface area contributed by atoms with Gasteiger partial charge in [-0.1, -0.05) is 6.42 Å². The Morgan fingerprint density at radius 2 is 1.90 bits per heavy atom. The van der Waals surface area contributed by atoms with Crippen LogP contribution in [0.1, 0.15) is 29.6 Å². The van der Waals surface area contributed by atoms with Crippen molar-refractivity contribution in [3.63, 3.8) is 0 Å². The predicted octanol–water partition coefficient (Wildman–Crippen LogP) is 1.95. The minimum absolute atomic E-state index is 0.155. The summed E-state index contributed by atoms with van der Waals surface area (Å²) in [5, 5.41) is 0. The van der Waals surface area contributed by atoms with E-state index >= 15 is 0 Å². The highest BCUT2D eigenvalue weighted by molar-refractivity contribution is 5.94. The summed E-state index contributed by atoms with van der Waals surface area (Å²) in [6.45, 7) is 1.72. The number of nitrogens with zero attached hydrogens (tertiary/aromatic N) is 2. The first-order valence-corrected chi connectivity index (χ1v) is 7.88. The van der Waals surface area contributed by atoms with Gasteiger partial charge in [0.25, 0.3) is 5.91 Å². The van der Waals surface area contributed by atoms with Crippen molar-refractivity contribution in [2.24, 2.45) is 17.6 Å². The summed E-state index contributed by atoms with van der Waals surface area (Å²) in [6, 6.07) is 8.14. The average Bonchev–Trinajstić information content (AvgIpc) is 2.92. The summed E-state index contributed by atoms with van der Waals surface area (Å²) in [5.41, 5.74) is 8.13. The van der Waals surface area contributed by atoms with E-state index in [1.165, 1.54) is 12.8 Å². The Morgan fingerprint density at radius 3 is 2.52 bits per heavy atom.